The first-order valence-corrected chi connectivity index (χ1v) is 7.66. The summed E-state index contributed by atoms with van der Waals surface area (Å²) in [6, 6.07) is 5.35. The molecule has 3 aliphatic heterocycles. The van der Waals surface area contributed by atoms with Gasteiger partial charge in [0.1, 0.15) is 0 Å². The molecule has 0 aromatic heterocycles. The summed E-state index contributed by atoms with van der Waals surface area (Å²) >= 11 is 0. The van der Waals surface area contributed by atoms with Crippen LogP contribution in [0, 0.1) is 0 Å². The topological polar surface area (TPSA) is 57.2 Å². The lowest BCUT2D eigenvalue weighted by Crippen LogP contribution is -2.55. The zero-order chi connectivity index (χ0) is 15.0. The summed E-state index contributed by atoms with van der Waals surface area (Å²) in [5.74, 6) is 1.35. The van der Waals surface area contributed by atoms with Gasteiger partial charge in [0.05, 0.1) is 18.8 Å². The van der Waals surface area contributed by atoms with Crippen molar-refractivity contribution in [2.45, 2.75) is 18.4 Å². The molecule has 0 atom stereocenters. The van der Waals surface area contributed by atoms with Crippen molar-refractivity contribution in [3.8, 4) is 11.5 Å². The van der Waals surface area contributed by atoms with Crippen molar-refractivity contribution in [3.63, 3.8) is 0 Å². The summed E-state index contributed by atoms with van der Waals surface area (Å²) in [7, 11) is 0. The van der Waals surface area contributed by atoms with Crippen molar-refractivity contribution < 1.29 is 23.7 Å². The molecule has 1 amide bonds. The maximum absolute atomic E-state index is 12.8. The van der Waals surface area contributed by atoms with Gasteiger partial charge in [0.25, 0.3) is 5.91 Å². The predicted octanol–water partition coefficient (Wildman–Crippen LogP) is 1.44. The minimum atomic E-state index is -0.234. The van der Waals surface area contributed by atoms with Crippen molar-refractivity contribution in [1.29, 1.82) is 0 Å². The van der Waals surface area contributed by atoms with Crippen LogP contribution in [0.5, 0.6) is 11.5 Å². The summed E-state index contributed by atoms with van der Waals surface area (Å²) < 4.78 is 22.0. The minimum absolute atomic E-state index is 0.0208. The Labute approximate surface area is 128 Å². The van der Waals surface area contributed by atoms with Crippen LogP contribution in [0.3, 0.4) is 0 Å². The molecule has 3 aliphatic rings. The smallest absolute Gasteiger partial charge is 0.254 e. The van der Waals surface area contributed by atoms with Crippen LogP contribution in [-0.4, -0.2) is 56.1 Å². The first-order chi connectivity index (χ1) is 10.8. The van der Waals surface area contributed by atoms with E-state index in [2.05, 4.69) is 0 Å². The van der Waals surface area contributed by atoms with Crippen LogP contribution in [0.4, 0.5) is 0 Å². The molecular weight excluding hydrogens is 286 g/mol. The number of hydrogen-bond acceptors (Lipinski definition) is 5. The molecule has 0 saturated carbocycles. The Kier molecular flexibility index (Phi) is 3.43. The summed E-state index contributed by atoms with van der Waals surface area (Å²) in [5, 5.41) is 0. The third-order valence-corrected chi connectivity index (χ3v) is 4.56. The first kappa shape index (κ1) is 13.8. The van der Waals surface area contributed by atoms with E-state index in [0.717, 1.165) is 12.8 Å². The highest BCUT2D eigenvalue weighted by molar-refractivity contribution is 5.95. The van der Waals surface area contributed by atoms with Crippen molar-refractivity contribution in [1.82, 2.24) is 4.90 Å². The predicted molar refractivity (Wildman–Crippen MR) is 77.2 cm³/mol. The fraction of sp³-hybridized carbons (Fsp3) is 0.562. The normalized spacial score (nSPS) is 22.8. The number of ether oxygens (including phenoxy) is 4. The molecule has 0 bridgehead atoms. The minimum Gasteiger partial charge on any atom is -0.454 e. The number of amides is 1. The summed E-state index contributed by atoms with van der Waals surface area (Å²) in [6.45, 7) is 3.45. The Morgan fingerprint density at radius 3 is 2.77 bits per heavy atom. The van der Waals surface area contributed by atoms with Gasteiger partial charge in [-0.05, 0) is 18.2 Å². The Hall–Kier alpha value is -1.79. The van der Waals surface area contributed by atoms with Crippen LogP contribution in [0.25, 0.3) is 0 Å². The number of nitrogens with zero attached hydrogens (tertiary/aromatic N) is 1. The SMILES string of the molecule is O=C(c1ccc2c(c1)OCO2)N1CCOC2(CCOCC2)C1. The highest BCUT2D eigenvalue weighted by atomic mass is 16.7. The summed E-state index contributed by atoms with van der Waals surface area (Å²) in [5.41, 5.74) is 0.399. The first-order valence-electron chi connectivity index (χ1n) is 7.66. The van der Waals surface area contributed by atoms with E-state index < -0.39 is 0 Å². The van der Waals surface area contributed by atoms with Gasteiger partial charge in [-0.25, -0.2) is 0 Å². The van der Waals surface area contributed by atoms with Gasteiger partial charge in [0, 0.05) is 38.2 Å². The molecule has 2 saturated heterocycles. The monoisotopic (exact) mass is 305 g/mol. The van der Waals surface area contributed by atoms with Gasteiger partial charge in [-0.1, -0.05) is 0 Å². The molecule has 118 valence electrons. The summed E-state index contributed by atoms with van der Waals surface area (Å²) in [6.07, 6.45) is 1.69. The number of fused-ring (bicyclic) bond motifs is 1. The molecule has 0 radical (unpaired) electrons. The molecule has 1 spiro atoms. The van der Waals surface area contributed by atoms with Gasteiger partial charge in [-0.15, -0.1) is 0 Å². The molecular formula is C16H19NO5. The Balaban J connectivity index is 1.52. The van der Waals surface area contributed by atoms with E-state index in [-0.39, 0.29) is 18.3 Å². The number of rotatable bonds is 1. The average Bonchev–Trinajstić information content (AvgIpc) is 3.02. The maximum Gasteiger partial charge on any atom is 0.254 e. The fourth-order valence-electron chi connectivity index (χ4n) is 3.28. The molecule has 6 nitrogen and oxygen atoms in total. The Morgan fingerprint density at radius 2 is 1.91 bits per heavy atom. The molecule has 1 aromatic rings. The average molecular weight is 305 g/mol. The quantitative estimate of drug-likeness (QED) is 0.786. The van der Waals surface area contributed by atoms with E-state index in [1.165, 1.54) is 0 Å². The number of carbonyl (C=O) groups is 1. The molecule has 0 N–H and O–H groups in total. The van der Waals surface area contributed by atoms with Gasteiger partial charge in [-0.2, -0.15) is 0 Å². The van der Waals surface area contributed by atoms with E-state index in [4.69, 9.17) is 18.9 Å². The van der Waals surface area contributed by atoms with E-state index in [1.807, 2.05) is 4.90 Å². The van der Waals surface area contributed by atoms with E-state index in [0.29, 0.717) is 50.0 Å². The zero-order valence-electron chi connectivity index (χ0n) is 12.4. The van der Waals surface area contributed by atoms with Gasteiger partial charge in [0.2, 0.25) is 6.79 Å². The van der Waals surface area contributed by atoms with Gasteiger partial charge < -0.3 is 23.8 Å². The van der Waals surface area contributed by atoms with Crippen LogP contribution in [-0.2, 0) is 9.47 Å². The second-order valence-corrected chi connectivity index (χ2v) is 5.94. The van der Waals surface area contributed by atoms with Gasteiger partial charge in [0.15, 0.2) is 11.5 Å². The lowest BCUT2D eigenvalue weighted by atomic mass is 9.92. The number of hydrogen-bond donors (Lipinski definition) is 0. The molecule has 3 heterocycles. The van der Waals surface area contributed by atoms with E-state index >= 15 is 0 Å². The summed E-state index contributed by atoms with van der Waals surface area (Å²) in [4.78, 5) is 14.6. The van der Waals surface area contributed by atoms with Crippen LogP contribution < -0.4 is 9.47 Å². The van der Waals surface area contributed by atoms with Gasteiger partial charge in [-0.3, -0.25) is 4.79 Å². The Morgan fingerprint density at radius 1 is 1.09 bits per heavy atom. The second kappa shape index (κ2) is 5.44. The lowest BCUT2D eigenvalue weighted by molar-refractivity contribution is -0.146. The maximum atomic E-state index is 12.8. The van der Waals surface area contributed by atoms with Crippen molar-refractivity contribution in [2.75, 3.05) is 39.7 Å². The largest absolute Gasteiger partial charge is 0.454 e. The second-order valence-electron chi connectivity index (χ2n) is 5.94. The molecule has 6 heteroatoms. The zero-order valence-corrected chi connectivity index (χ0v) is 12.4. The van der Waals surface area contributed by atoms with Crippen molar-refractivity contribution >= 4 is 5.91 Å². The standard InChI is InChI=1S/C16H19NO5/c18-15(12-1-2-13-14(9-12)21-11-20-13)17-5-8-22-16(10-17)3-6-19-7-4-16/h1-2,9H,3-8,10-11H2. The van der Waals surface area contributed by atoms with Gasteiger partial charge >= 0.3 is 0 Å². The van der Waals surface area contributed by atoms with Crippen LogP contribution in [0.2, 0.25) is 0 Å². The number of carbonyl (C=O) groups excluding carboxylic acids is 1. The molecule has 4 rings (SSSR count). The van der Waals surface area contributed by atoms with Crippen LogP contribution in [0.1, 0.15) is 23.2 Å². The van der Waals surface area contributed by atoms with Crippen molar-refractivity contribution in [2.24, 2.45) is 0 Å². The van der Waals surface area contributed by atoms with Crippen LogP contribution in [0.15, 0.2) is 18.2 Å². The fourth-order valence-corrected chi connectivity index (χ4v) is 3.28. The highest BCUT2D eigenvalue weighted by Gasteiger charge is 2.40. The third-order valence-electron chi connectivity index (χ3n) is 4.56. The van der Waals surface area contributed by atoms with Crippen LogP contribution >= 0.6 is 0 Å². The van der Waals surface area contributed by atoms with E-state index in [9.17, 15) is 4.79 Å². The lowest BCUT2D eigenvalue weighted by Gasteiger charge is -2.44. The van der Waals surface area contributed by atoms with E-state index in [1.54, 1.807) is 18.2 Å². The molecule has 1 aromatic carbocycles. The van der Waals surface area contributed by atoms with Crippen molar-refractivity contribution in [3.05, 3.63) is 23.8 Å². The molecule has 2 fully saturated rings. The highest BCUT2D eigenvalue weighted by Crippen LogP contribution is 2.34. The molecule has 22 heavy (non-hydrogen) atoms. The third kappa shape index (κ3) is 2.42. The molecule has 0 aliphatic carbocycles. The molecule has 0 unspecified atom stereocenters. The number of morpholine rings is 1. The number of benzene rings is 1. The Bertz CT molecular complexity index is 576.